The van der Waals surface area contributed by atoms with Crippen molar-refractivity contribution < 1.29 is 65.9 Å². The third kappa shape index (κ3) is 6.09. The van der Waals surface area contributed by atoms with Crippen molar-refractivity contribution in [2.75, 3.05) is 13.2 Å². The van der Waals surface area contributed by atoms with E-state index in [-0.39, 0.29) is 13.2 Å². The van der Waals surface area contributed by atoms with Crippen molar-refractivity contribution in [1.29, 1.82) is 0 Å². The van der Waals surface area contributed by atoms with Crippen LogP contribution in [0.1, 0.15) is 0 Å². The average Bonchev–Trinajstić information content (AvgIpc) is 2.63. The fraction of sp³-hybridized carbons (Fsp3) is 0.625. The van der Waals surface area contributed by atoms with Crippen molar-refractivity contribution in [2.45, 2.75) is 48.3 Å². The molecular weight excluding hydrogens is 553 g/mol. The van der Waals surface area contributed by atoms with Crippen molar-refractivity contribution >= 4 is 15.7 Å². The molecule has 0 aliphatic carbocycles. The van der Waals surface area contributed by atoms with Crippen LogP contribution in [0, 0.1) is 0 Å². The molecule has 26 heavy (non-hydrogen) atoms. The van der Waals surface area contributed by atoms with E-state index >= 15 is 0 Å². The molecule has 142 valence electrons. The number of hydrogen-bond donors (Lipinski definition) is 5. The quantitative estimate of drug-likeness (QED) is 0.189. The van der Waals surface area contributed by atoms with Crippen LogP contribution < -0.4 is 3.07 Å². The van der Waals surface area contributed by atoms with E-state index in [1.807, 2.05) is 0 Å². The second kappa shape index (κ2) is 10.7. The van der Waals surface area contributed by atoms with Crippen LogP contribution in [0.2, 0.25) is 0 Å². The van der Waals surface area contributed by atoms with Crippen LogP contribution in [0.4, 0.5) is 0 Å². The van der Waals surface area contributed by atoms with Gasteiger partial charge in [0, 0.05) is 0 Å². The molecule has 1 aromatic carbocycles. The predicted molar refractivity (Wildman–Crippen MR) is 87.8 cm³/mol. The Balaban J connectivity index is 0.000000290. The Morgan fingerprint density at radius 1 is 0.885 bits per heavy atom. The van der Waals surface area contributed by atoms with E-state index in [0.717, 1.165) is 26.1 Å². The first-order chi connectivity index (χ1) is 12.3. The van der Waals surface area contributed by atoms with E-state index in [1.54, 1.807) is 0 Å². The molecular formula is C16H22HgO8S. The minimum atomic E-state index is -1.46. The van der Waals surface area contributed by atoms with Crippen molar-refractivity contribution in [1.82, 2.24) is 0 Å². The molecule has 5 N–H and O–H groups in total. The van der Waals surface area contributed by atoms with E-state index in [1.165, 1.54) is 3.07 Å². The minimum absolute atomic E-state index is 0.0718. The first-order valence-electron chi connectivity index (χ1n) is 8.13. The monoisotopic (exact) mass is 576 g/mol. The van der Waals surface area contributed by atoms with Crippen molar-refractivity contribution in [3.63, 3.8) is 0 Å². The predicted octanol–water partition coefficient (Wildman–Crippen LogP) is -2.71. The van der Waals surface area contributed by atoms with E-state index < -0.39 is 48.3 Å². The van der Waals surface area contributed by atoms with Gasteiger partial charge >= 0.3 is 59.5 Å². The van der Waals surface area contributed by atoms with Crippen molar-refractivity contribution in [2.24, 2.45) is 0 Å². The summed E-state index contributed by atoms with van der Waals surface area (Å²) in [5.41, 5.74) is -0.931. The Morgan fingerprint density at radius 3 is 2.12 bits per heavy atom. The molecule has 2 saturated heterocycles. The molecule has 2 fully saturated rings. The van der Waals surface area contributed by atoms with Crippen molar-refractivity contribution in [3.05, 3.63) is 30.3 Å². The van der Waals surface area contributed by atoms with Gasteiger partial charge in [-0.3, -0.25) is 0 Å². The van der Waals surface area contributed by atoms with E-state index in [0.29, 0.717) is 0 Å². The summed E-state index contributed by atoms with van der Waals surface area (Å²) in [5.74, 6) is 0. The van der Waals surface area contributed by atoms with Crippen LogP contribution in [0.25, 0.3) is 0 Å². The molecule has 2 aliphatic rings. The molecule has 0 bridgehead atoms. The van der Waals surface area contributed by atoms with Gasteiger partial charge in [-0.25, -0.2) is 0 Å². The second-order valence-electron chi connectivity index (χ2n) is 6.09. The normalized spacial score (nSPS) is 40.5. The van der Waals surface area contributed by atoms with E-state index in [4.69, 9.17) is 26.8 Å². The Labute approximate surface area is 173 Å². The molecule has 0 amide bonds. The first-order valence-corrected chi connectivity index (χ1v) is 11.3. The zero-order chi connectivity index (χ0) is 19.3. The molecule has 3 rings (SSSR count). The number of benzene rings is 1. The van der Waals surface area contributed by atoms with Crippen LogP contribution in [-0.4, -0.2) is 87.1 Å². The van der Waals surface area contributed by atoms with Gasteiger partial charge in [0.2, 0.25) is 0 Å². The molecule has 0 spiro atoms. The molecule has 1 aromatic rings. The third-order valence-electron chi connectivity index (χ3n) is 4.04. The van der Waals surface area contributed by atoms with Gasteiger partial charge in [-0.2, -0.15) is 0 Å². The number of aliphatic hydroxyl groups is 5. The zero-order valence-electron chi connectivity index (χ0n) is 14.0. The van der Waals surface area contributed by atoms with E-state index in [2.05, 4.69) is 30.3 Å². The first kappa shape index (κ1) is 22.5. The van der Waals surface area contributed by atoms with Gasteiger partial charge in [-0.1, -0.05) is 0 Å². The molecule has 2 aliphatic heterocycles. The fourth-order valence-electron chi connectivity index (χ4n) is 2.44. The zero-order valence-corrected chi connectivity index (χ0v) is 20.3. The van der Waals surface area contributed by atoms with E-state index in [9.17, 15) is 25.5 Å². The van der Waals surface area contributed by atoms with Crippen LogP contribution in [0.15, 0.2) is 30.3 Å². The summed E-state index contributed by atoms with van der Waals surface area (Å²) in [4.78, 5) is 0. The standard InChI is InChI=1S/C10H18O8S.C6H5.Hg/c11-3-1-16-9(7(14)5(3)12)18-4-2-17-10(19)8(15)6(4)13;1-2-4-6-5-3-1;/h3-15,19H,1-2H2;1-5H;/q;;+1/p-1/t3-,4-,5+,6+,7-,8-,9+,10+;;/m1../s1. The topological polar surface area (TPSA) is 129 Å². The third-order valence-corrected chi connectivity index (χ3v) is 6.29. The summed E-state index contributed by atoms with van der Waals surface area (Å²) in [6.07, 6.45) is -8.82. The van der Waals surface area contributed by atoms with Crippen LogP contribution in [0.3, 0.4) is 0 Å². The number of ether oxygens (including phenoxy) is 3. The van der Waals surface area contributed by atoms with Gasteiger partial charge in [0.1, 0.15) is 30.5 Å². The number of rotatable bonds is 2. The van der Waals surface area contributed by atoms with Crippen LogP contribution in [-0.2, 0) is 53.0 Å². The molecule has 8 atom stereocenters. The Hall–Kier alpha value is 0.185. The second-order valence-corrected chi connectivity index (χ2v) is 9.73. The average molecular weight is 575 g/mol. The molecule has 0 unspecified atom stereocenters. The van der Waals surface area contributed by atoms with Gasteiger partial charge in [0.05, 0.1) is 19.3 Å². The van der Waals surface area contributed by atoms with Crippen molar-refractivity contribution in [3.8, 4) is 0 Å². The Morgan fingerprint density at radius 2 is 1.54 bits per heavy atom. The molecule has 0 saturated carbocycles. The van der Waals surface area contributed by atoms with Gasteiger partial charge in [0.25, 0.3) is 0 Å². The molecule has 8 nitrogen and oxygen atoms in total. The summed E-state index contributed by atoms with van der Waals surface area (Å²) in [6.45, 7) is -0.281. The summed E-state index contributed by atoms with van der Waals surface area (Å²) in [7, 11) is 0. The summed E-state index contributed by atoms with van der Waals surface area (Å²) < 4.78 is 16.8. The van der Waals surface area contributed by atoms with Gasteiger partial charge in [-0.15, -0.1) is 0 Å². The van der Waals surface area contributed by atoms with Gasteiger partial charge in [0.15, 0.2) is 6.29 Å². The fourth-order valence-corrected chi connectivity index (χ4v) is 3.73. The Kier molecular flexibility index (Phi) is 9.21. The van der Waals surface area contributed by atoms with Crippen LogP contribution in [0.5, 0.6) is 0 Å². The maximum absolute atomic E-state index is 9.77. The molecule has 0 radical (unpaired) electrons. The SMILES string of the molecule is O[C@@H]1[C@@H](O)[C@H](O[C@@H]2CO[C@@H]([S-])[C@H](O)[C@H]2O)OC[C@H]1O.[Hg+][c]1ccccc1. The number of hydrogen-bond acceptors (Lipinski definition) is 9. The summed E-state index contributed by atoms with van der Waals surface area (Å²) in [6, 6.07) is 10.6. The van der Waals surface area contributed by atoms with Gasteiger partial charge < -0.3 is 52.4 Å². The number of aliphatic hydroxyl groups excluding tert-OH is 5. The van der Waals surface area contributed by atoms with Gasteiger partial charge in [-0.05, 0) is 5.44 Å². The van der Waals surface area contributed by atoms with Crippen LogP contribution >= 0.6 is 0 Å². The Bertz CT molecular complexity index is 510. The molecule has 10 heteroatoms. The summed E-state index contributed by atoms with van der Waals surface area (Å²) in [5, 5.41) is 47.8. The molecule has 0 aromatic heterocycles. The molecule has 2 heterocycles. The maximum atomic E-state index is 9.77. The summed E-state index contributed by atoms with van der Waals surface area (Å²) >= 11 is 5.57.